The molecular weight excluding hydrogens is 258 g/mol. The van der Waals surface area contributed by atoms with Crippen LogP contribution in [0, 0.1) is 0 Å². The quantitative estimate of drug-likeness (QED) is 0.599. The molecule has 0 atom stereocenters. The van der Waals surface area contributed by atoms with E-state index in [9.17, 15) is 18.4 Å². The van der Waals surface area contributed by atoms with E-state index in [1.165, 1.54) is 0 Å². The topological polar surface area (TPSA) is 49.9 Å². The number of carbonyl (C=O) groups is 2. The highest BCUT2D eigenvalue weighted by Crippen LogP contribution is 2.11. The highest BCUT2D eigenvalue weighted by Gasteiger charge is 2.31. The molecule has 0 bridgehead atoms. The van der Waals surface area contributed by atoms with E-state index in [2.05, 4.69) is 0 Å². The third-order valence-corrected chi connectivity index (χ3v) is 2.89. The molecule has 0 aromatic carbocycles. The molecule has 0 spiro atoms. The summed E-state index contributed by atoms with van der Waals surface area (Å²) >= 11 is 0. The lowest BCUT2D eigenvalue weighted by Gasteiger charge is -2.34. The van der Waals surface area contributed by atoms with Crippen LogP contribution in [0.4, 0.5) is 13.6 Å². The number of hydrogen-bond donors (Lipinski definition) is 0. The maximum absolute atomic E-state index is 12.0. The lowest BCUT2D eigenvalue weighted by atomic mass is 10.2. The first-order valence-electron chi connectivity index (χ1n) is 6.49. The van der Waals surface area contributed by atoms with Gasteiger partial charge in [0.15, 0.2) is 0 Å². The molecule has 1 fully saturated rings. The molecule has 7 heteroatoms. The van der Waals surface area contributed by atoms with Crippen LogP contribution in [-0.4, -0.2) is 67.9 Å². The molecule has 0 N–H and O–H groups in total. The molecule has 0 radical (unpaired) electrons. The van der Waals surface area contributed by atoms with Crippen LogP contribution in [0.3, 0.4) is 0 Å². The molecule has 1 aliphatic heterocycles. The number of alkyl halides is 2. The Kier molecular flexibility index (Phi) is 7.32. The largest absolute Gasteiger partial charge is 0.377 e. The Balaban J connectivity index is 2.39. The zero-order valence-electron chi connectivity index (χ0n) is 10.9. The average molecular weight is 278 g/mol. The summed E-state index contributed by atoms with van der Waals surface area (Å²) in [5.74, 6) is -0.240. The Morgan fingerprint density at radius 3 is 2.53 bits per heavy atom. The minimum absolute atomic E-state index is 0.0313. The minimum Gasteiger partial charge on any atom is -0.377 e. The lowest BCUT2D eigenvalue weighted by Crippen LogP contribution is -2.53. The fraction of sp³-hybridized carbons (Fsp3) is 0.833. The standard InChI is InChI=1S/C12H20F2N2O3/c13-4-1-2-6-15-7-3-11(17)16(12(15)18)8-10-19-9-5-14/h1-10H2. The average Bonchev–Trinajstić information content (AvgIpc) is 2.40. The summed E-state index contributed by atoms with van der Waals surface area (Å²) in [6, 6.07) is -0.362. The van der Waals surface area contributed by atoms with Gasteiger partial charge in [0, 0.05) is 19.5 Å². The summed E-state index contributed by atoms with van der Waals surface area (Å²) < 4.78 is 28.8. The number of amides is 3. The van der Waals surface area contributed by atoms with E-state index in [1.54, 1.807) is 4.90 Å². The molecule has 110 valence electrons. The van der Waals surface area contributed by atoms with Gasteiger partial charge in [-0.2, -0.15) is 0 Å². The third-order valence-electron chi connectivity index (χ3n) is 2.89. The smallest absolute Gasteiger partial charge is 0.326 e. The summed E-state index contributed by atoms with van der Waals surface area (Å²) in [5, 5.41) is 0. The second-order valence-corrected chi connectivity index (χ2v) is 4.26. The van der Waals surface area contributed by atoms with Gasteiger partial charge in [-0.15, -0.1) is 0 Å². The molecule has 1 rings (SSSR count). The van der Waals surface area contributed by atoms with Crippen molar-refractivity contribution in [1.29, 1.82) is 0 Å². The van der Waals surface area contributed by atoms with Crippen LogP contribution in [-0.2, 0) is 9.53 Å². The molecule has 0 aromatic heterocycles. The number of unbranched alkanes of at least 4 members (excludes halogenated alkanes) is 1. The molecule has 0 aromatic rings. The number of halogens is 2. The molecule has 5 nitrogen and oxygen atoms in total. The highest BCUT2D eigenvalue weighted by molar-refractivity contribution is 5.96. The van der Waals surface area contributed by atoms with Crippen LogP contribution in [0.5, 0.6) is 0 Å². The van der Waals surface area contributed by atoms with Crippen molar-refractivity contribution >= 4 is 11.9 Å². The number of urea groups is 1. The van der Waals surface area contributed by atoms with Gasteiger partial charge in [-0.1, -0.05) is 0 Å². The van der Waals surface area contributed by atoms with Crippen LogP contribution in [0.25, 0.3) is 0 Å². The van der Waals surface area contributed by atoms with E-state index >= 15 is 0 Å². The van der Waals surface area contributed by atoms with Crippen LogP contribution in [0.15, 0.2) is 0 Å². The van der Waals surface area contributed by atoms with Crippen LogP contribution < -0.4 is 0 Å². The fourth-order valence-electron chi connectivity index (χ4n) is 1.88. The van der Waals surface area contributed by atoms with E-state index in [0.717, 1.165) is 4.90 Å². The van der Waals surface area contributed by atoms with Gasteiger partial charge in [-0.05, 0) is 12.8 Å². The Morgan fingerprint density at radius 2 is 1.84 bits per heavy atom. The molecule has 0 aliphatic carbocycles. The Labute approximate surface area is 111 Å². The zero-order chi connectivity index (χ0) is 14.1. The van der Waals surface area contributed by atoms with E-state index in [4.69, 9.17) is 4.74 Å². The van der Waals surface area contributed by atoms with Gasteiger partial charge in [0.2, 0.25) is 5.91 Å². The van der Waals surface area contributed by atoms with E-state index in [1.807, 2.05) is 0 Å². The second kappa shape index (κ2) is 8.79. The number of rotatable bonds is 9. The molecule has 1 aliphatic rings. The number of nitrogens with zero attached hydrogens (tertiary/aromatic N) is 2. The summed E-state index contributed by atoms with van der Waals surface area (Å²) in [6.07, 6.45) is 1.27. The predicted molar refractivity (Wildman–Crippen MR) is 65.3 cm³/mol. The van der Waals surface area contributed by atoms with Crippen molar-refractivity contribution in [3.8, 4) is 0 Å². The van der Waals surface area contributed by atoms with Gasteiger partial charge >= 0.3 is 6.03 Å². The lowest BCUT2D eigenvalue weighted by molar-refractivity contribution is -0.131. The van der Waals surface area contributed by atoms with E-state index < -0.39 is 13.3 Å². The summed E-state index contributed by atoms with van der Waals surface area (Å²) in [6.45, 7) is 0.0933. The first-order valence-corrected chi connectivity index (χ1v) is 6.49. The van der Waals surface area contributed by atoms with Crippen molar-refractivity contribution in [2.24, 2.45) is 0 Å². The minimum atomic E-state index is -0.586. The van der Waals surface area contributed by atoms with Crippen molar-refractivity contribution in [1.82, 2.24) is 9.80 Å². The molecule has 0 unspecified atom stereocenters. The van der Waals surface area contributed by atoms with E-state index in [0.29, 0.717) is 25.9 Å². The van der Waals surface area contributed by atoms with Gasteiger partial charge in [0.25, 0.3) is 0 Å². The monoisotopic (exact) mass is 278 g/mol. The first-order chi connectivity index (χ1) is 9.20. The third kappa shape index (κ3) is 5.10. The first kappa shape index (κ1) is 15.8. The Hall–Kier alpha value is -1.24. The Bertz CT molecular complexity index is 303. The maximum atomic E-state index is 12.0. The van der Waals surface area contributed by atoms with Crippen molar-refractivity contribution in [3.05, 3.63) is 0 Å². The number of hydrogen-bond acceptors (Lipinski definition) is 3. The van der Waals surface area contributed by atoms with Crippen molar-refractivity contribution < 1.29 is 23.1 Å². The van der Waals surface area contributed by atoms with Gasteiger partial charge in [0.1, 0.15) is 6.67 Å². The summed E-state index contributed by atoms with van der Waals surface area (Å²) in [5.41, 5.74) is 0. The fourth-order valence-corrected chi connectivity index (χ4v) is 1.88. The molecular formula is C12H20F2N2O3. The molecule has 0 saturated carbocycles. The van der Waals surface area contributed by atoms with Gasteiger partial charge in [0.05, 0.1) is 26.4 Å². The SMILES string of the molecule is O=C1CCN(CCCCF)C(=O)N1CCOCCF. The molecule has 1 heterocycles. The normalized spacial score (nSPS) is 16.3. The van der Waals surface area contributed by atoms with Gasteiger partial charge in [-0.25, -0.2) is 9.18 Å². The maximum Gasteiger partial charge on any atom is 0.326 e. The number of imide groups is 1. The molecule has 1 saturated heterocycles. The predicted octanol–water partition coefficient (Wildman–Crippen LogP) is 1.38. The number of ether oxygens (including phenoxy) is 1. The molecule has 3 amide bonds. The summed E-state index contributed by atoms with van der Waals surface area (Å²) in [7, 11) is 0. The van der Waals surface area contributed by atoms with Gasteiger partial charge < -0.3 is 9.64 Å². The van der Waals surface area contributed by atoms with Crippen molar-refractivity contribution in [3.63, 3.8) is 0 Å². The van der Waals surface area contributed by atoms with Crippen LogP contribution in [0.2, 0.25) is 0 Å². The van der Waals surface area contributed by atoms with Crippen molar-refractivity contribution in [2.45, 2.75) is 19.3 Å². The van der Waals surface area contributed by atoms with Crippen molar-refractivity contribution in [2.75, 3.05) is 46.2 Å². The van der Waals surface area contributed by atoms with Crippen LogP contribution >= 0.6 is 0 Å². The second-order valence-electron chi connectivity index (χ2n) is 4.26. The van der Waals surface area contributed by atoms with Gasteiger partial charge in [-0.3, -0.25) is 14.1 Å². The number of carbonyl (C=O) groups excluding carboxylic acids is 2. The van der Waals surface area contributed by atoms with E-state index in [-0.39, 0.29) is 38.1 Å². The highest BCUT2D eigenvalue weighted by atomic mass is 19.1. The van der Waals surface area contributed by atoms with Crippen LogP contribution in [0.1, 0.15) is 19.3 Å². The Morgan fingerprint density at radius 1 is 1.05 bits per heavy atom. The zero-order valence-corrected chi connectivity index (χ0v) is 10.9. The summed E-state index contributed by atoms with van der Waals surface area (Å²) in [4.78, 5) is 26.3. The molecule has 19 heavy (non-hydrogen) atoms.